The molecule has 57 heavy (non-hydrogen) atoms. The van der Waals surface area contributed by atoms with E-state index in [0.717, 1.165) is 53.5 Å². The maximum Gasteiger partial charge on any atom is 0.407 e. The molecular weight excluding hydrogens is 725 g/mol. The molecule has 2 saturated carbocycles. The van der Waals surface area contributed by atoms with Gasteiger partial charge in [0.05, 0.1) is 6.10 Å². The van der Waals surface area contributed by atoms with Crippen LogP contribution in [0.25, 0.3) is 22.5 Å². The number of ether oxygens (including phenoxy) is 1. The lowest BCUT2D eigenvalue weighted by Gasteiger charge is -2.29. The number of aryl methyl sites for hydroxylation is 1. The second-order valence-electron chi connectivity index (χ2n) is 16.4. The highest BCUT2D eigenvalue weighted by Gasteiger charge is 2.30. The Hall–Kier alpha value is -5.63. The monoisotopic (exact) mass is 778 g/mol. The molecule has 1 atom stereocenters. The van der Waals surface area contributed by atoms with Gasteiger partial charge in [0, 0.05) is 41.7 Å². The van der Waals surface area contributed by atoms with Crippen LogP contribution in [0.2, 0.25) is 0 Å². The zero-order valence-electron chi connectivity index (χ0n) is 33.1. The van der Waals surface area contributed by atoms with Gasteiger partial charge in [-0.15, -0.1) is 10.2 Å². The molecule has 6 N–H and O–H groups in total. The van der Waals surface area contributed by atoms with Crippen LogP contribution in [0.15, 0.2) is 66.7 Å². The second-order valence-corrected chi connectivity index (χ2v) is 16.4. The van der Waals surface area contributed by atoms with E-state index in [1.807, 2.05) is 70.2 Å². The highest BCUT2D eigenvalue weighted by atomic mass is 16.6. The van der Waals surface area contributed by atoms with Gasteiger partial charge in [-0.25, -0.2) is 4.79 Å². The molecule has 2 aliphatic carbocycles. The van der Waals surface area contributed by atoms with Gasteiger partial charge < -0.3 is 31.1 Å². The smallest absolute Gasteiger partial charge is 0.407 e. The number of benzene rings is 3. The molecule has 2 fully saturated rings. The van der Waals surface area contributed by atoms with Gasteiger partial charge in [0.1, 0.15) is 11.6 Å². The van der Waals surface area contributed by atoms with E-state index in [0.29, 0.717) is 49.3 Å². The molecule has 3 aromatic carbocycles. The third-order valence-corrected chi connectivity index (χ3v) is 10.8. The van der Waals surface area contributed by atoms with Gasteiger partial charge in [0.2, 0.25) is 17.6 Å². The van der Waals surface area contributed by atoms with Crippen molar-refractivity contribution in [1.29, 1.82) is 0 Å². The minimum absolute atomic E-state index is 0.0507. The molecule has 0 aliphatic heterocycles. The van der Waals surface area contributed by atoms with Gasteiger partial charge in [0.25, 0.3) is 5.91 Å². The number of rotatable bonds is 12. The van der Waals surface area contributed by atoms with Gasteiger partial charge in [-0.2, -0.15) is 5.21 Å². The quantitative estimate of drug-likeness (QED) is 0.102. The Balaban J connectivity index is 1.11. The maximum atomic E-state index is 13.9. The first-order valence-electron chi connectivity index (χ1n) is 19.9. The number of nitrogens with one attached hydrogen (secondary N) is 5. The Kier molecular flexibility index (Phi) is 13.3. The van der Waals surface area contributed by atoms with Crippen molar-refractivity contribution in [3.63, 3.8) is 0 Å². The number of amides is 4. The lowest BCUT2D eigenvalue weighted by molar-refractivity contribution is -0.130. The first-order chi connectivity index (χ1) is 27.3. The predicted molar refractivity (Wildman–Crippen MR) is 216 cm³/mol. The summed E-state index contributed by atoms with van der Waals surface area (Å²) in [7, 11) is 0. The number of hydrogen-bond acceptors (Lipinski definition) is 9. The van der Waals surface area contributed by atoms with Crippen molar-refractivity contribution in [2.24, 2.45) is 11.8 Å². The van der Waals surface area contributed by atoms with E-state index in [9.17, 15) is 24.3 Å². The van der Waals surface area contributed by atoms with Crippen molar-refractivity contribution in [2.45, 2.75) is 109 Å². The summed E-state index contributed by atoms with van der Waals surface area (Å²) in [6.45, 7) is 7.96. The number of aliphatic hydroxyl groups excluding tert-OH is 1. The van der Waals surface area contributed by atoms with E-state index in [-0.39, 0.29) is 48.1 Å². The SMILES string of the molecule is Cc1ccc(C(=O)NC2CCC(O)CC2)cc1-c1ccc(C[C@H](NC(=O)C2CCC(CNC(=O)OC(C)(C)C)CC2)C(=O)Nc2ccc(-c3nn[nH]n3)cc2)cc1. The average molecular weight is 779 g/mol. The van der Waals surface area contributed by atoms with Gasteiger partial charge in [-0.1, -0.05) is 30.3 Å². The molecule has 2 aliphatic rings. The van der Waals surface area contributed by atoms with Crippen molar-refractivity contribution < 1.29 is 29.0 Å². The summed E-state index contributed by atoms with van der Waals surface area (Å²) in [5, 5.41) is 35.9. The normalized spacial score (nSPS) is 20.2. The number of aliphatic hydroxyl groups is 1. The molecule has 14 heteroatoms. The summed E-state index contributed by atoms with van der Waals surface area (Å²) >= 11 is 0. The minimum atomic E-state index is -0.860. The zero-order valence-corrected chi connectivity index (χ0v) is 33.1. The fraction of sp³-hybridized carbons (Fsp3) is 0.465. The van der Waals surface area contributed by atoms with Crippen molar-refractivity contribution in [3.05, 3.63) is 83.4 Å². The van der Waals surface area contributed by atoms with Crippen LogP contribution >= 0.6 is 0 Å². The molecule has 0 saturated heterocycles. The molecule has 302 valence electrons. The number of carbonyl (C=O) groups is 4. The molecule has 0 unspecified atom stereocenters. The first-order valence-corrected chi connectivity index (χ1v) is 19.9. The lowest BCUT2D eigenvalue weighted by atomic mass is 9.81. The number of aromatic nitrogens is 4. The predicted octanol–water partition coefficient (Wildman–Crippen LogP) is 5.87. The van der Waals surface area contributed by atoms with E-state index in [4.69, 9.17) is 4.74 Å². The molecule has 0 spiro atoms. The molecule has 14 nitrogen and oxygen atoms in total. The fourth-order valence-electron chi connectivity index (χ4n) is 7.50. The molecule has 6 rings (SSSR count). The number of aromatic amines is 1. The topological polar surface area (TPSA) is 200 Å². The Morgan fingerprint density at radius 1 is 0.877 bits per heavy atom. The van der Waals surface area contributed by atoms with E-state index in [1.165, 1.54) is 0 Å². The van der Waals surface area contributed by atoms with Crippen LogP contribution in [0, 0.1) is 18.8 Å². The molecule has 4 amide bonds. The number of alkyl carbamates (subject to hydrolysis) is 1. The van der Waals surface area contributed by atoms with Crippen LogP contribution in [0.1, 0.15) is 93.6 Å². The van der Waals surface area contributed by atoms with Crippen LogP contribution < -0.4 is 21.3 Å². The van der Waals surface area contributed by atoms with Crippen molar-refractivity contribution in [2.75, 3.05) is 11.9 Å². The van der Waals surface area contributed by atoms with Crippen LogP contribution in [0.5, 0.6) is 0 Å². The largest absolute Gasteiger partial charge is 0.444 e. The third kappa shape index (κ3) is 11.7. The van der Waals surface area contributed by atoms with E-state index in [1.54, 1.807) is 24.3 Å². The molecule has 0 radical (unpaired) electrons. The van der Waals surface area contributed by atoms with Crippen LogP contribution in [0.4, 0.5) is 10.5 Å². The number of tetrazole rings is 1. The summed E-state index contributed by atoms with van der Waals surface area (Å²) in [6.07, 6.45) is 5.25. The Labute approximate surface area is 333 Å². The molecule has 1 heterocycles. The number of anilines is 1. The van der Waals surface area contributed by atoms with Gasteiger partial charge in [0.15, 0.2) is 0 Å². The van der Waals surface area contributed by atoms with Crippen molar-refractivity contribution in [3.8, 4) is 22.5 Å². The fourth-order valence-corrected chi connectivity index (χ4v) is 7.50. The highest BCUT2D eigenvalue weighted by molar-refractivity contribution is 5.98. The Morgan fingerprint density at radius 3 is 2.21 bits per heavy atom. The maximum absolute atomic E-state index is 13.9. The minimum Gasteiger partial charge on any atom is -0.444 e. The van der Waals surface area contributed by atoms with E-state index >= 15 is 0 Å². The lowest BCUT2D eigenvalue weighted by Crippen LogP contribution is -2.48. The molecular formula is C43H54N8O6. The number of carbonyl (C=O) groups excluding carboxylic acids is 4. The number of H-pyrrole nitrogens is 1. The van der Waals surface area contributed by atoms with E-state index < -0.39 is 17.7 Å². The molecule has 0 bridgehead atoms. The summed E-state index contributed by atoms with van der Waals surface area (Å²) in [5.41, 5.74) is 5.02. The summed E-state index contributed by atoms with van der Waals surface area (Å²) in [6, 6.07) is 19.8. The van der Waals surface area contributed by atoms with Crippen LogP contribution in [0.3, 0.4) is 0 Å². The Bertz CT molecular complexity index is 1980. The van der Waals surface area contributed by atoms with E-state index in [2.05, 4.69) is 41.9 Å². The van der Waals surface area contributed by atoms with Gasteiger partial charge in [-0.3, -0.25) is 14.4 Å². The van der Waals surface area contributed by atoms with Crippen LogP contribution in [-0.4, -0.2) is 79.9 Å². The average Bonchev–Trinajstić information content (AvgIpc) is 3.73. The van der Waals surface area contributed by atoms with Gasteiger partial charge in [-0.05, 0) is 149 Å². The number of nitrogens with zero attached hydrogens (tertiary/aromatic N) is 3. The Morgan fingerprint density at radius 2 is 1.56 bits per heavy atom. The molecule has 4 aromatic rings. The van der Waals surface area contributed by atoms with Crippen LogP contribution in [-0.2, 0) is 20.7 Å². The van der Waals surface area contributed by atoms with Crippen molar-refractivity contribution in [1.82, 2.24) is 36.6 Å². The standard InChI is InChI=1S/C43H54N8O6/c1-26-5-10-32(40(54)45-34-19-21-35(52)22-20-34)24-36(26)29-11-6-27(7-12-29)23-37(41(55)46-33-17-15-30(16-18-33)38-48-50-51-49-38)47-39(53)31-13-8-28(9-14-31)25-44-42(56)57-43(2,3)4/h5-7,10-12,15-18,24,28,31,34-35,37,52H,8-9,13-14,19-23,25H2,1-4H3,(H,44,56)(H,45,54)(H,46,55)(H,47,53)(H,48,49,50,51)/t28?,31?,34?,35?,37-/m0/s1. The number of hydrogen-bond donors (Lipinski definition) is 6. The second kappa shape index (κ2) is 18.5. The van der Waals surface area contributed by atoms with Crippen molar-refractivity contribution >= 4 is 29.5 Å². The summed E-state index contributed by atoms with van der Waals surface area (Å²) in [4.78, 5) is 52.9. The third-order valence-electron chi connectivity index (χ3n) is 10.8. The summed E-state index contributed by atoms with van der Waals surface area (Å²) < 4.78 is 5.36. The first kappa shape index (κ1) is 41.0. The zero-order chi connectivity index (χ0) is 40.5. The highest BCUT2D eigenvalue weighted by Crippen LogP contribution is 2.30. The molecule has 1 aromatic heterocycles. The summed E-state index contributed by atoms with van der Waals surface area (Å²) in [5.74, 6) is -0.241. The van der Waals surface area contributed by atoms with Gasteiger partial charge >= 0.3 is 6.09 Å².